The Hall–Kier alpha value is -2.47. The Balaban J connectivity index is 2.01. The number of nitrogens with zero attached hydrogens (tertiary/aromatic N) is 2. The van der Waals surface area contributed by atoms with Crippen LogP contribution in [0, 0.1) is 6.92 Å². The summed E-state index contributed by atoms with van der Waals surface area (Å²) in [5, 5.41) is 14.6. The van der Waals surface area contributed by atoms with E-state index >= 15 is 0 Å². The minimum absolute atomic E-state index is 0.0263. The summed E-state index contributed by atoms with van der Waals surface area (Å²) in [6.45, 7) is 5.67. The zero-order valence-corrected chi connectivity index (χ0v) is 13.6. The molecule has 0 atom stereocenters. The van der Waals surface area contributed by atoms with Crippen molar-refractivity contribution in [2.45, 2.75) is 32.7 Å². The average Bonchev–Trinajstić information content (AvgIpc) is 2.47. The van der Waals surface area contributed by atoms with Gasteiger partial charge in [0.15, 0.2) is 5.82 Å². The molecule has 0 fully saturated rings. The van der Waals surface area contributed by atoms with Crippen LogP contribution in [-0.2, 0) is 0 Å². The monoisotopic (exact) mass is 314 g/mol. The third-order valence-electron chi connectivity index (χ3n) is 3.38. The SMILES string of the molecule is Cc1ccnc(-c2ccc(NC(=O)NC(C)(C)CCO)cc2)n1. The van der Waals surface area contributed by atoms with Crippen molar-refractivity contribution >= 4 is 11.7 Å². The third-order valence-corrected chi connectivity index (χ3v) is 3.38. The van der Waals surface area contributed by atoms with E-state index < -0.39 is 5.54 Å². The van der Waals surface area contributed by atoms with Crippen LogP contribution in [0.2, 0.25) is 0 Å². The highest BCUT2D eigenvalue weighted by Gasteiger charge is 2.19. The van der Waals surface area contributed by atoms with E-state index in [2.05, 4.69) is 20.6 Å². The van der Waals surface area contributed by atoms with Crippen molar-refractivity contribution in [2.24, 2.45) is 0 Å². The zero-order chi connectivity index (χ0) is 16.9. The fraction of sp³-hybridized carbons (Fsp3) is 0.353. The largest absolute Gasteiger partial charge is 0.396 e. The number of aromatic nitrogens is 2. The van der Waals surface area contributed by atoms with Gasteiger partial charge in [0.25, 0.3) is 0 Å². The van der Waals surface area contributed by atoms with E-state index in [1.165, 1.54) is 0 Å². The number of hydrogen-bond acceptors (Lipinski definition) is 4. The molecular formula is C17H22N4O2. The summed E-state index contributed by atoms with van der Waals surface area (Å²) in [5.41, 5.74) is 2.01. The highest BCUT2D eigenvalue weighted by molar-refractivity contribution is 5.90. The van der Waals surface area contributed by atoms with E-state index in [-0.39, 0.29) is 12.6 Å². The maximum absolute atomic E-state index is 12.0. The minimum Gasteiger partial charge on any atom is -0.396 e. The van der Waals surface area contributed by atoms with Crippen LogP contribution in [0.25, 0.3) is 11.4 Å². The normalized spacial score (nSPS) is 11.1. The van der Waals surface area contributed by atoms with Gasteiger partial charge in [-0.3, -0.25) is 0 Å². The Morgan fingerprint density at radius 2 is 1.91 bits per heavy atom. The second-order valence-corrected chi connectivity index (χ2v) is 6.04. The smallest absolute Gasteiger partial charge is 0.319 e. The van der Waals surface area contributed by atoms with Crippen molar-refractivity contribution in [1.82, 2.24) is 15.3 Å². The average molecular weight is 314 g/mol. The summed E-state index contributed by atoms with van der Waals surface area (Å²) in [5.74, 6) is 0.657. The Kier molecular flexibility index (Phi) is 5.28. The van der Waals surface area contributed by atoms with E-state index in [4.69, 9.17) is 5.11 Å². The molecule has 0 saturated heterocycles. The van der Waals surface area contributed by atoms with Crippen LogP contribution in [0.4, 0.5) is 10.5 Å². The summed E-state index contributed by atoms with van der Waals surface area (Å²) in [4.78, 5) is 20.6. The van der Waals surface area contributed by atoms with Crippen LogP contribution in [0.5, 0.6) is 0 Å². The van der Waals surface area contributed by atoms with E-state index in [9.17, 15) is 4.79 Å². The lowest BCUT2D eigenvalue weighted by atomic mass is 10.0. The molecule has 0 aliphatic rings. The highest BCUT2D eigenvalue weighted by Crippen LogP contribution is 2.18. The summed E-state index contributed by atoms with van der Waals surface area (Å²) >= 11 is 0. The number of aliphatic hydroxyl groups is 1. The summed E-state index contributed by atoms with van der Waals surface area (Å²) in [6, 6.07) is 8.88. The molecule has 2 aromatic rings. The first-order valence-corrected chi connectivity index (χ1v) is 7.50. The summed E-state index contributed by atoms with van der Waals surface area (Å²) in [6.07, 6.45) is 2.21. The molecule has 23 heavy (non-hydrogen) atoms. The molecule has 1 heterocycles. The van der Waals surface area contributed by atoms with Crippen molar-refractivity contribution in [3.63, 3.8) is 0 Å². The van der Waals surface area contributed by atoms with Crippen molar-refractivity contribution in [3.05, 3.63) is 42.2 Å². The van der Waals surface area contributed by atoms with Crippen LogP contribution in [0.1, 0.15) is 26.0 Å². The number of urea groups is 1. The molecule has 2 amide bonds. The number of anilines is 1. The molecule has 2 rings (SSSR count). The molecule has 122 valence electrons. The fourth-order valence-electron chi connectivity index (χ4n) is 2.10. The quantitative estimate of drug-likeness (QED) is 0.792. The molecule has 0 aliphatic carbocycles. The maximum Gasteiger partial charge on any atom is 0.319 e. The maximum atomic E-state index is 12.0. The van der Waals surface area contributed by atoms with Gasteiger partial charge in [-0.05, 0) is 57.5 Å². The molecule has 6 heteroatoms. The molecule has 0 unspecified atom stereocenters. The first kappa shape index (κ1) is 16.9. The molecule has 0 radical (unpaired) electrons. The number of aliphatic hydroxyl groups excluding tert-OH is 1. The van der Waals surface area contributed by atoms with E-state index in [0.717, 1.165) is 11.3 Å². The predicted octanol–water partition coefficient (Wildman–Crippen LogP) is 2.73. The predicted molar refractivity (Wildman–Crippen MR) is 90.1 cm³/mol. The third kappa shape index (κ3) is 5.03. The number of hydrogen-bond donors (Lipinski definition) is 3. The van der Waals surface area contributed by atoms with Crippen molar-refractivity contribution in [2.75, 3.05) is 11.9 Å². The van der Waals surface area contributed by atoms with Gasteiger partial charge in [-0.2, -0.15) is 0 Å². The van der Waals surface area contributed by atoms with E-state index in [1.54, 1.807) is 18.3 Å². The van der Waals surface area contributed by atoms with Gasteiger partial charge < -0.3 is 15.7 Å². The van der Waals surface area contributed by atoms with Gasteiger partial charge in [0.05, 0.1) is 0 Å². The van der Waals surface area contributed by atoms with Crippen LogP contribution in [0.15, 0.2) is 36.5 Å². The van der Waals surface area contributed by atoms with Gasteiger partial charge in [0.1, 0.15) is 0 Å². The lowest BCUT2D eigenvalue weighted by Crippen LogP contribution is -2.46. The van der Waals surface area contributed by atoms with Gasteiger partial charge in [-0.15, -0.1) is 0 Å². The number of carbonyl (C=O) groups is 1. The minimum atomic E-state index is -0.464. The van der Waals surface area contributed by atoms with Crippen LogP contribution >= 0.6 is 0 Å². The topological polar surface area (TPSA) is 87.1 Å². The molecule has 0 bridgehead atoms. The van der Waals surface area contributed by atoms with E-state index in [0.29, 0.717) is 17.9 Å². The first-order chi connectivity index (χ1) is 10.9. The van der Waals surface area contributed by atoms with Gasteiger partial charge in [0, 0.05) is 35.3 Å². The second-order valence-electron chi connectivity index (χ2n) is 6.04. The lowest BCUT2D eigenvalue weighted by Gasteiger charge is -2.25. The highest BCUT2D eigenvalue weighted by atomic mass is 16.3. The fourth-order valence-corrected chi connectivity index (χ4v) is 2.10. The van der Waals surface area contributed by atoms with E-state index in [1.807, 2.05) is 39.0 Å². The Morgan fingerprint density at radius 3 is 2.52 bits per heavy atom. The van der Waals surface area contributed by atoms with Crippen molar-refractivity contribution in [1.29, 1.82) is 0 Å². The number of rotatable bonds is 5. The number of aryl methyl sites for hydroxylation is 1. The van der Waals surface area contributed by atoms with Gasteiger partial charge in [-0.25, -0.2) is 14.8 Å². The Labute approximate surface area is 136 Å². The molecule has 0 saturated carbocycles. The molecule has 1 aromatic heterocycles. The first-order valence-electron chi connectivity index (χ1n) is 7.50. The second kappa shape index (κ2) is 7.19. The van der Waals surface area contributed by atoms with Crippen LogP contribution < -0.4 is 10.6 Å². The molecular weight excluding hydrogens is 292 g/mol. The summed E-state index contributed by atoms with van der Waals surface area (Å²) in [7, 11) is 0. The van der Waals surface area contributed by atoms with Gasteiger partial charge in [-0.1, -0.05) is 0 Å². The standard InChI is InChI=1S/C17H22N4O2/c1-12-8-10-18-15(19-12)13-4-6-14(7-5-13)20-16(23)21-17(2,3)9-11-22/h4-8,10,22H,9,11H2,1-3H3,(H2,20,21,23). The number of carbonyl (C=O) groups excluding carboxylic acids is 1. The number of nitrogens with one attached hydrogen (secondary N) is 2. The number of amides is 2. The zero-order valence-electron chi connectivity index (χ0n) is 13.6. The van der Waals surface area contributed by atoms with Gasteiger partial charge in [0.2, 0.25) is 0 Å². The van der Waals surface area contributed by atoms with Gasteiger partial charge >= 0.3 is 6.03 Å². The van der Waals surface area contributed by atoms with Crippen molar-refractivity contribution in [3.8, 4) is 11.4 Å². The van der Waals surface area contributed by atoms with Crippen LogP contribution in [0.3, 0.4) is 0 Å². The van der Waals surface area contributed by atoms with Crippen molar-refractivity contribution < 1.29 is 9.90 Å². The number of benzene rings is 1. The molecule has 3 N–H and O–H groups in total. The molecule has 0 spiro atoms. The molecule has 1 aromatic carbocycles. The van der Waals surface area contributed by atoms with Crippen LogP contribution in [-0.4, -0.2) is 33.3 Å². The molecule has 0 aliphatic heterocycles. The lowest BCUT2D eigenvalue weighted by molar-refractivity contribution is 0.218. The Bertz CT molecular complexity index is 669. The molecule has 6 nitrogen and oxygen atoms in total. The summed E-state index contributed by atoms with van der Waals surface area (Å²) < 4.78 is 0. The Morgan fingerprint density at radius 1 is 1.22 bits per heavy atom.